The maximum atomic E-state index is 12.8. The molecule has 7 heteroatoms. The lowest BCUT2D eigenvalue weighted by molar-refractivity contribution is -0.143. The number of para-hydroxylation sites is 1. The smallest absolute Gasteiger partial charge is 0.328 e. The highest BCUT2D eigenvalue weighted by Gasteiger charge is 2.30. The van der Waals surface area contributed by atoms with Crippen LogP contribution in [0.3, 0.4) is 0 Å². The molecule has 0 radical (unpaired) electrons. The minimum atomic E-state index is -1.42. The lowest BCUT2D eigenvalue weighted by atomic mass is 10.0. The van der Waals surface area contributed by atoms with Gasteiger partial charge in [-0.3, -0.25) is 4.79 Å². The van der Waals surface area contributed by atoms with E-state index in [2.05, 4.69) is 5.32 Å². The molecule has 0 saturated heterocycles. The predicted octanol–water partition coefficient (Wildman–Crippen LogP) is 4.54. The minimum Gasteiger partial charge on any atom is -0.489 e. The van der Waals surface area contributed by atoms with E-state index in [-0.39, 0.29) is 18.8 Å². The van der Waals surface area contributed by atoms with Gasteiger partial charge in [0.25, 0.3) is 5.91 Å². The van der Waals surface area contributed by atoms with Gasteiger partial charge in [0.1, 0.15) is 30.3 Å². The van der Waals surface area contributed by atoms with Crippen LogP contribution in [0.15, 0.2) is 60.7 Å². The number of ether oxygens (including phenoxy) is 2. The molecule has 0 saturated carbocycles. The van der Waals surface area contributed by atoms with Gasteiger partial charge in [0.15, 0.2) is 0 Å². The monoisotopic (exact) mass is 427 g/mol. The molecule has 156 valence electrons. The molecule has 6 nitrogen and oxygen atoms in total. The van der Waals surface area contributed by atoms with Gasteiger partial charge in [-0.2, -0.15) is 0 Å². The highest BCUT2D eigenvalue weighted by molar-refractivity contribution is 6.32. The molecule has 3 aromatic rings. The molecule has 0 aliphatic carbocycles. The zero-order valence-corrected chi connectivity index (χ0v) is 17.4. The first-order valence-electron chi connectivity index (χ1n) is 9.37. The Morgan fingerprint density at radius 3 is 2.37 bits per heavy atom. The standard InChI is InChI=1S/C23H22ClNO5/c1-23(2,22(27)28)25-21(26)17-12-11-15-7-3-4-8-16(15)20(17)30-14-13-29-19-10-6-5-9-18(19)24/h3-12H,13-14H2,1-2H3,(H,25,26)(H,27,28). The largest absolute Gasteiger partial charge is 0.489 e. The van der Waals surface area contributed by atoms with Crippen LogP contribution in [0.2, 0.25) is 5.02 Å². The van der Waals surface area contributed by atoms with E-state index in [1.54, 1.807) is 24.3 Å². The molecule has 0 aliphatic rings. The molecule has 0 atom stereocenters. The Kier molecular flexibility index (Phi) is 6.47. The van der Waals surface area contributed by atoms with Crippen molar-refractivity contribution >= 4 is 34.2 Å². The van der Waals surface area contributed by atoms with Gasteiger partial charge in [0.2, 0.25) is 0 Å². The normalized spacial score (nSPS) is 11.2. The minimum absolute atomic E-state index is 0.168. The Bertz CT molecular complexity index is 1080. The van der Waals surface area contributed by atoms with Gasteiger partial charge in [-0.15, -0.1) is 0 Å². The molecule has 0 aromatic heterocycles. The number of amides is 1. The number of benzene rings is 3. The van der Waals surface area contributed by atoms with Crippen LogP contribution in [0.1, 0.15) is 24.2 Å². The van der Waals surface area contributed by atoms with Crippen molar-refractivity contribution in [3.05, 3.63) is 71.2 Å². The fourth-order valence-corrected chi connectivity index (χ4v) is 3.03. The summed E-state index contributed by atoms with van der Waals surface area (Å²) in [6.45, 7) is 3.23. The van der Waals surface area contributed by atoms with Crippen LogP contribution in [0, 0.1) is 0 Å². The number of nitrogens with one attached hydrogen (secondary N) is 1. The topological polar surface area (TPSA) is 84.9 Å². The second-order valence-corrected chi connectivity index (χ2v) is 7.58. The molecular formula is C23H22ClNO5. The zero-order valence-electron chi connectivity index (χ0n) is 16.6. The van der Waals surface area contributed by atoms with Crippen LogP contribution >= 0.6 is 11.6 Å². The maximum Gasteiger partial charge on any atom is 0.328 e. The van der Waals surface area contributed by atoms with E-state index in [0.29, 0.717) is 16.5 Å². The number of fused-ring (bicyclic) bond motifs is 1. The number of hydrogen-bond donors (Lipinski definition) is 2. The van der Waals surface area contributed by atoms with Crippen molar-refractivity contribution in [3.63, 3.8) is 0 Å². The predicted molar refractivity (Wildman–Crippen MR) is 116 cm³/mol. The molecule has 0 fully saturated rings. The summed E-state index contributed by atoms with van der Waals surface area (Å²) in [4.78, 5) is 24.2. The van der Waals surface area contributed by atoms with Crippen LogP contribution < -0.4 is 14.8 Å². The summed E-state index contributed by atoms with van der Waals surface area (Å²) in [5.74, 6) is -0.751. The van der Waals surface area contributed by atoms with Gasteiger partial charge in [-0.05, 0) is 37.4 Å². The highest BCUT2D eigenvalue weighted by atomic mass is 35.5. The highest BCUT2D eigenvalue weighted by Crippen LogP contribution is 2.30. The first kappa shape index (κ1) is 21.5. The fourth-order valence-electron chi connectivity index (χ4n) is 2.84. The SMILES string of the molecule is CC(C)(NC(=O)c1ccc2ccccc2c1OCCOc1ccccc1Cl)C(=O)O. The Morgan fingerprint density at radius 2 is 1.63 bits per heavy atom. The number of aliphatic carboxylic acids is 1. The van der Waals surface area contributed by atoms with E-state index < -0.39 is 17.4 Å². The van der Waals surface area contributed by atoms with Gasteiger partial charge < -0.3 is 19.9 Å². The van der Waals surface area contributed by atoms with Crippen LogP contribution in [-0.2, 0) is 4.79 Å². The average molecular weight is 428 g/mol. The molecule has 1 amide bonds. The second-order valence-electron chi connectivity index (χ2n) is 7.18. The summed E-state index contributed by atoms with van der Waals surface area (Å²) >= 11 is 6.09. The third-order valence-electron chi connectivity index (χ3n) is 4.51. The third-order valence-corrected chi connectivity index (χ3v) is 4.82. The number of hydrogen-bond acceptors (Lipinski definition) is 4. The number of halogens is 1. The van der Waals surface area contributed by atoms with Gasteiger partial charge in [0.05, 0.1) is 10.6 Å². The fraction of sp³-hybridized carbons (Fsp3) is 0.217. The molecule has 0 bridgehead atoms. The Balaban J connectivity index is 1.82. The van der Waals surface area contributed by atoms with E-state index in [4.69, 9.17) is 21.1 Å². The van der Waals surface area contributed by atoms with E-state index >= 15 is 0 Å². The zero-order chi connectivity index (χ0) is 21.7. The lowest BCUT2D eigenvalue weighted by Gasteiger charge is -2.22. The van der Waals surface area contributed by atoms with Crippen LogP contribution in [-0.4, -0.2) is 35.7 Å². The van der Waals surface area contributed by atoms with Gasteiger partial charge in [0, 0.05) is 5.39 Å². The molecule has 0 aliphatic heterocycles. The molecule has 0 unspecified atom stereocenters. The van der Waals surface area contributed by atoms with Crippen molar-refractivity contribution < 1.29 is 24.2 Å². The summed E-state index contributed by atoms with van der Waals surface area (Å²) in [6, 6.07) is 18.0. The number of carbonyl (C=O) groups excluding carboxylic acids is 1. The van der Waals surface area contributed by atoms with E-state index in [1.165, 1.54) is 13.8 Å². The number of carboxylic acid groups (broad SMARTS) is 1. The number of carboxylic acids is 1. The molecule has 3 rings (SSSR count). The van der Waals surface area contributed by atoms with Crippen LogP contribution in [0.5, 0.6) is 11.5 Å². The second kappa shape index (κ2) is 9.05. The van der Waals surface area contributed by atoms with Gasteiger partial charge in [-0.25, -0.2) is 4.79 Å². The summed E-state index contributed by atoms with van der Waals surface area (Å²) < 4.78 is 11.6. The van der Waals surface area contributed by atoms with Gasteiger partial charge >= 0.3 is 5.97 Å². The van der Waals surface area contributed by atoms with Crippen LogP contribution in [0.25, 0.3) is 10.8 Å². The van der Waals surface area contributed by atoms with Crippen molar-refractivity contribution in [3.8, 4) is 11.5 Å². The Labute approximate surface area is 179 Å². The van der Waals surface area contributed by atoms with Crippen molar-refractivity contribution in [2.24, 2.45) is 0 Å². The molecule has 2 N–H and O–H groups in total. The molecular weight excluding hydrogens is 406 g/mol. The van der Waals surface area contributed by atoms with E-state index in [9.17, 15) is 14.7 Å². The molecule has 3 aromatic carbocycles. The first-order valence-corrected chi connectivity index (χ1v) is 9.75. The van der Waals surface area contributed by atoms with Crippen molar-refractivity contribution in [2.75, 3.05) is 13.2 Å². The quantitative estimate of drug-likeness (QED) is 0.515. The lowest BCUT2D eigenvalue weighted by Crippen LogP contribution is -2.49. The average Bonchev–Trinajstić information content (AvgIpc) is 2.71. The van der Waals surface area contributed by atoms with Crippen molar-refractivity contribution in [1.29, 1.82) is 0 Å². The summed E-state index contributed by atoms with van der Waals surface area (Å²) in [6.07, 6.45) is 0. The Hall–Kier alpha value is -3.25. The van der Waals surface area contributed by atoms with Crippen LogP contribution in [0.4, 0.5) is 0 Å². The Morgan fingerprint density at radius 1 is 0.967 bits per heavy atom. The maximum absolute atomic E-state index is 12.8. The van der Waals surface area contributed by atoms with E-state index in [1.807, 2.05) is 36.4 Å². The molecule has 0 heterocycles. The third kappa shape index (κ3) is 4.83. The number of rotatable bonds is 8. The summed E-state index contributed by atoms with van der Waals surface area (Å²) in [5, 5.41) is 14.0. The molecule has 30 heavy (non-hydrogen) atoms. The summed E-state index contributed by atoms with van der Waals surface area (Å²) in [5.41, 5.74) is -1.17. The van der Waals surface area contributed by atoms with E-state index in [0.717, 1.165) is 10.8 Å². The van der Waals surface area contributed by atoms with Crippen molar-refractivity contribution in [1.82, 2.24) is 5.32 Å². The molecule has 0 spiro atoms. The number of carbonyl (C=O) groups is 2. The first-order chi connectivity index (χ1) is 14.3. The summed E-state index contributed by atoms with van der Waals surface area (Å²) in [7, 11) is 0. The van der Waals surface area contributed by atoms with Gasteiger partial charge in [-0.1, -0.05) is 54.1 Å². The van der Waals surface area contributed by atoms with Crippen molar-refractivity contribution in [2.45, 2.75) is 19.4 Å².